The minimum Gasteiger partial charge on any atom is -0.348 e. The zero-order chi connectivity index (χ0) is 15.2. The van der Waals surface area contributed by atoms with Crippen molar-refractivity contribution in [1.29, 1.82) is 0 Å². The van der Waals surface area contributed by atoms with E-state index in [0.29, 0.717) is 17.3 Å². The average Bonchev–Trinajstić information content (AvgIpc) is 2.46. The van der Waals surface area contributed by atoms with Crippen molar-refractivity contribution in [2.24, 2.45) is 0 Å². The van der Waals surface area contributed by atoms with Crippen LogP contribution in [0, 0.1) is 0 Å². The molecule has 1 heterocycles. The number of carbonyl (C=O) groups is 1. The van der Waals surface area contributed by atoms with Gasteiger partial charge in [0, 0.05) is 18.3 Å². The molecule has 2 N–H and O–H groups in total. The van der Waals surface area contributed by atoms with Gasteiger partial charge in [0.25, 0.3) is 5.91 Å². The van der Waals surface area contributed by atoms with Gasteiger partial charge in [-0.15, -0.1) is 0 Å². The highest BCUT2D eigenvalue weighted by Crippen LogP contribution is 2.06. The van der Waals surface area contributed by atoms with E-state index in [1.807, 2.05) is 12.1 Å². The number of benzene rings is 1. The first-order valence-corrected chi connectivity index (χ1v) is 7.19. The molecule has 0 bridgehead atoms. The Labute approximate surface area is 129 Å². The first-order valence-electron chi connectivity index (χ1n) is 6.81. The number of hydrogen-bond acceptors (Lipinski definition) is 2. The predicted molar refractivity (Wildman–Crippen MR) is 83.4 cm³/mol. The van der Waals surface area contributed by atoms with Crippen LogP contribution in [0.1, 0.15) is 21.5 Å². The summed E-state index contributed by atoms with van der Waals surface area (Å²) in [7, 11) is 4.24. The first kappa shape index (κ1) is 15.5. The molecule has 0 radical (unpaired) electrons. The molecule has 21 heavy (non-hydrogen) atoms. The van der Waals surface area contributed by atoms with Gasteiger partial charge in [-0.1, -0.05) is 35.9 Å². The molecule has 2 rings (SSSR count). The Hall–Kier alpha value is -1.91. The van der Waals surface area contributed by atoms with Crippen LogP contribution in [0.4, 0.5) is 0 Å². The van der Waals surface area contributed by atoms with Crippen LogP contribution in [-0.4, -0.2) is 25.0 Å². The highest BCUT2D eigenvalue weighted by atomic mass is 35.5. The summed E-state index contributed by atoms with van der Waals surface area (Å²) in [6, 6.07) is 11.5. The molecule has 1 aromatic carbocycles. The van der Waals surface area contributed by atoms with Crippen molar-refractivity contribution in [3.8, 4) is 0 Å². The van der Waals surface area contributed by atoms with E-state index < -0.39 is 0 Å². The molecule has 5 heteroatoms. The Bertz CT molecular complexity index is 594. The van der Waals surface area contributed by atoms with Crippen molar-refractivity contribution in [1.82, 2.24) is 10.3 Å². The van der Waals surface area contributed by atoms with Gasteiger partial charge >= 0.3 is 0 Å². The SMILES string of the molecule is C[NH+](C)Cc1ccc(CNC(=O)c2ccc(Cl)nc2)cc1. The van der Waals surface area contributed by atoms with Crippen LogP contribution in [0.25, 0.3) is 0 Å². The van der Waals surface area contributed by atoms with Crippen LogP contribution in [0.2, 0.25) is 5.15 Å². The first-order chi connectivity index (χ1) is 10.0. The molecule has 0 spiro atoms. The summed E-state index contributed by atoms with van der Waals surface area (Å²) in [5, 5.41) is 3.25. The lowest BCUT2D eigenvalue weighted by atomic mass is 10.1. The van der Waals surface area contributed by atoms with Gasteiger partial charge in [-0.25, -0.2) is 4.98 Å². The Morgan fingerprint density at radius 1 is 1.14 bits per heavy atom. The zero-order valence-electron chi connectivity index (χ0n) is 12.2. The van der Waals surface area contributed by atoms with E-state index in [9.17, 15) is 4.79 Å². The number of rotatable bonds is 5. The summed E-state index contributed by atoms with van der Waals surface area (Å²) < 4.78 is 0. The molecule has 0 saturated heterocycles. The Morgan fingerprint density at radius 3 is 2.38 bits per heavy atom. The average molecular weight is 305 g/mol. The number of nitrogens with one attached hydrogen (secondary N) is 2. The van der Waals surface area contributed by atoms with Crippen LogP contribution >= 0.6 is 11.6 Å². The standard InChI is InChI=1S/C16H18ClN3O/c1-20(2)11-13-5-3-12(4-6-13)9-19-16(21)14-7-8-15(17)18-10-14/h3-8,10H,9,11H2,1-2H3,(H,19,21)/p+1. The summed E-state index contributed by atoms with van der Waals surface area (Å²) in [6.07, 6.45) is 1.47. The van der Waals surface area contributed by atoms with E-state index >= 15 is 0 Å². The summed E-state index contributed by atoms with van der Waals surface area (Å²) in [5.74, 6) is -0.152. The third-order valence-electron chi connectivity index (χ3n) is 3.02. The van der Waals surface area contributed by atoms with Crippen molar-refractivity contribution in [3.05, 3.63) is 64.4 Å². The lowest BCUT2D eigenvalue weighted by Crippen LogP contribution is -3.04. The van der Waals surface area contributed by atoms with Crippen molar-refractivity contribution in [3.63, 3.8) is 0 Å². The maximum atomic E-state index is 11.9. The monoisotopic (exact) mass is 304 g/mol. The van der Waals surface area contributed by atoms with Crippen LogP contribution in [0.3, 0.4) is 0 Å². The van der Waals surface area contributed by atoms with Gasteiger partial charge in [0.15, 0.2) is 0 Å². The Kier molecular flexibility index (Phi) is 5.31. The van der Waals surface area contributed by atoms with Gasteiger partial charge in [0.05, 0.1) is 19.7 Å². The van der Waals surface area contributed by atoms with E-state index in [1.54, 1.807) is 12.1 Å². The molecular weight excluding hydrogens is 286 g/mol. The van der Waals surface area contributed by atoms with Crippen molar-refractivity contribution in [2.45, 2.75) is 13.1 Å². The highest BCUT2D eigenvalue weighted by molar-refractivity contribution is 6.29. The minimum atomic E-state index is -0.152. The van der Waals surface area contributed by atoms with E-state index in [2.05, 4.69) is 36.5 Å². The number of aromatic nitrogens is 1. The van der Waals surface area contributed by atoms with Crippen molar-refractivity contribution < 1.29 is 9.69 Å². The number of nitrogens with zero attached hydrogens (tertiary/aromatic N) is 1. The van der Waals surface area contributed by atoms with Crippen LogP contribution in [0.15, 0.2) is 42.6 Å². The van der Waals surface area contributed by atoms with E-state index in [0.717, 1.165) is 12.1 Å². The third-order valence-corrected chi connectivity index (χ3v) is 3.25. The summed E-state index contributed by atoms with van der Waals surface area (Å²) in [6.45, 7) is 1.49. The molecule has 1 amide bonds. The largest absolute Gasteiger partial charge is 0.348 e. The lowest BCUT2D eigenvalue weighted by Gasteiger charge is -2.09. The second-order valence-corrected chi connectivity index (χ2v) is 5.64. The van der Waals surface area contributed by atoms with Crippen molar-refractivity contribution >= 4 is 17.5 Å². The maximum absolute atomic E-state index is 11.9. The third kappa shape index (κ3) is 4.85. The minimum absolute atomic E-state index is 0.152. The second-order valence-electron chi connectivity index (χ2n) is 5.25. The molecule has 1 aromatic heterocycles. The maximum Gasteiger partial charge on any atom is 0.253 e. The molecule has 0 atom stereocenters. The summed E-state index contributed by atoms with van der Waals surface area (Å²) in [5.41, 5.74) is 2.86. The fourth-order valence-corrected chi connectivity index (χ4v) is 2.09. The fraction of sp³-hybridized carbons (Fsp3) is 0.250. The second kappa shape index (κ2) is 7.20. The Balaban J connectivity index is 1.90. The van der Waals surface area contributed by atoms with Gasteiger partial charge < -0.3 is 10.2 Å². The molecule has 0 aliphatic carbocycles. The Morgan fingerprint density at radius 2 is 1.81 bits per heavy atom. The number of quaternary nitrogens is 1. The predicted octanol–water partition coefficient (Wildman–Crippen LogP) is 1.31. The number of amides is 1. The molecule has 0 fully saturated rings. The number of hydrogen-bond donors (Lipinski definition) is 2. The van der Waals surface area contributed by atoms with E-state index in [1.165, 1.54) is 16.7 Å². The zero-order valence-corrected chi connectivity index (χ0v) is 12.9. The molecule has 0 aliphatic heterocycles. The number of carbonyl (C=O) groups excluding carboxylic acids is 1. The normalized spacial score (nSPS) is 10.7. The molecular formula is C16H19ClN3O+. The quantitative estimate of drug-likeness (QED) is 0.818. The molecule has 0 aliphatic rings. The molecule has 2 aromatic rings. The van der Waals surface area contributed by atoms with Gasteiger partial charge in [-0.05, 0) is 17.7 Å². The molecule has 4 nitrogen and oxygen atoms in total. The molecule has 110 valence electrons. The summed E-state index contributed by atoms with van der Waals surface area (Å²) in [4.78, 5) is 17.2. The lowest BCUT2D eigenvalue weighted by molar-refractivity contribution is -0.872. The van der Waals surface area contributed by atoms with Gasteiger partial charge in [-0.3, -0.25) is 4.79 Å². The smallest absolute Gasteiger partial charge is 0.253 e. The molecule has 0 saturated carbocycles. The summed E-state index contributed by atoms with van der Waals surface area (Å²) >= 11 is 5.70. The highest BCUT2D eigenvalue weighted by Gasteiger charge is 2.06. The molecule has 0 unspecified atom stereocenters. The van der Waals surface area contributed by atoms with E-state index in [4.69, 9.17) is 11.6 Å². The van der Waals surface area contributed by atoms with Gasteiger partial charge in [0.1, 0.15) is 11.7 Å². The number of halogens is 1. The van der Waals surface area contributed by atoms with Gasteiger partial charge in [0.2, 0.25) is 0 Å². The topological polar surface area (TPSA) is 46.4 Å². The van der Waals surface area contributed by atoms with E-state index in [-0.39, 0.29) is 5.91 Å². The number of pyridine rings is 1. The van der Waals surface area contributed by atoms with Crippen LogP contribution in [0.5, 0.6) is 0 Å². The van der Waals surface area contributed by atoms with Crippen molar-refractivity contribution in [2.75, 3.05) is 14.1 Å². The van der Waals surface area contributed by atoms with Crippen LogP contribution in [-0.2, 0) is 13.1 Å². The van der Waals surface area contributed by atoms with Crippen LogP contribution < -0.4 is 10.2 Å². The fourth-order valence-electron chi connectivity index (χ4n) is 1.98. The van der Waals surface area contributed by atoms with Gasteiger partial charge in [-0.2, -0.15) is 0 Å².